The van der Waals surface area contributed by atoms with Crippen molar-refractivity contribution in [1.82, 2.24) is 4.90 Å². The first-order valence-electron chi connectivity index (χ1n) is 10.7. The van der Waals surface area contributed by atoms with E-state index in [2.05, 4.69) is 0 Å². The molecule has 9 heteroatoms. The maximum absolute atomic E-state index is 12.9. The van der Waals surface area contributed by atoms with Gasteiger partial charge in [0, 0.05) is 5.02 Å². The number of thioether (sulfide) groups is 1. The fourth-order valence-electron chi connectivity index (χ4n) is 3.35. The van der Waals surface area contributed by atoms with E-state index in [9.17, 15) is 9.59 Å². The molecular formula is C26H20Cl3NO4S. The summed E-state index contributed by atoms with van der Waals surface area (Å²) in [6.45, 7) is 2.79. The van der Waals surface area contributed by atoms with Gasteiger partial charge >= 0.3 is 0 Å². The van der Waals surface area contributed by atoms with Gasteiger partial charge < -0.3 is 9.47 Å². The maximum atomic E-state index is 12.9. The molecule has 1 aliphatic rings. The van der Waals surface area contributed by atoms with E-state index in [0.29, 0.717) is 55.8 Å². The van der Waals surface area contributed by atoms with Crippen molar-refractivity contribution in [3.8, 4) is 11.5 Å². The SMILES string of the molecule is CCOc1cc(/C=C2\SC(=O)N(Cc3ccc(Cl)c(Cl)c3)C2=O)ccc1OCc1ccc(Cl)cc1. The largest absolute Gasteiger partial charge is 0.490 e. The summed E-state index contributed by atoms with van der Waals surface area (Å²) in [6.07, 6.45) is 1.67. The molecular weight excluding hydrogens is 529 g/mol. The third-order valence-corrected chi connectivity index (χ3v) is 6.97. The molecule has 3 aromatic carbocycles. The van der Waals surface area contributed by atoms with Crippen LogP contribution in [0.5, 0.6) is 11.5 Å². The van der Waals surface area contributed by atoms with E-state index in [1.165, 1.54) is 4.90 Å². The highest BCUT2D eigenvalue weighted by Gasteiger charge is 2.35. The molecule has 4 rings (SSSR count). The monoisotopic (exact) mass is 547 g/mol. The average Bonchev–Trinajstić information content (AvgIpc) is 3.09. The summed E-state index contributed by atoms with van der Waals surface area (Å²) in [5, 5.41) is 1.10. The highest BCUT2D eigenvalue weighted by Crippen LogP contribution is 2.36. The maximum Gasteiger partial charge on any atom is 0.293 e. The van der Waals surface area contributed by atoms with Gasteiger partial charge in [0.1, 0.15) is 6.61 Å². The molecule has 1 heterocycles. The van der Waals surface area contributed by atoms with Crippen LogP contribution in [0.25, 0.3) is 6.08 Å². The van der Waals surface area contributed by atoms with Gasteiger partial charge in [-0.25, -0.2) is 0 Å². The number of carbonyl (C=O) groups excluding carboxylic acids is 2. The smallest absolute Gasteiger partial charge is 0.293 e. The number of halogens is 3. The van der Waals surface area contributed by atoms with Crippen molar-refractivity contribution in [2.45, 2.75) is 20.1 Å². The van der Waals surface area contributed by atoms with Crippen LogP contribution in [0.4, 0.5) is 4.79 Å². The van der Waals surface area contributed by atoms with E-state index in [1.807, 2.05) is 25.1 Å². The molecule has 180 valence electrons. The van der Waals surface area contributed by atoms with Crippen molar-refractivity contribution >= 4 is 63.8 Å². The van der Waals surface area contributed by atoms with Gasteiger partial charge in [0.05, 0.1) is 28.1 Å². The second-order valence-electron chi connectivity index (χ2n) is 7.57. The molecule has 0 aliphatic carbocycles. The van der Waals surface area contributed by atoms with E-state index in [1.54, 1.807) is 48.5 Å². The molecule has 1 aliphatic heterocycles. The molecule has 0 spiro atoms. The Morgan fingerprint density at radius 1 is 0.857 bits per heavy atom. The second kappa shape index (κ2) is 11.4. The Bertz CT molecular complexity index is 1290. The summed E-state index contributed by atoms with van der Waals surface area (Å²) in [5.41, 5.74) is 2.40. The molecule has 0 N–H and O–H groups in total. The fourth-order valence-corrected chi connectivity index (χ4v) is 4.64. The number of amides is 2. The van der Waals surface area contributed by atoms with Gasteiger partial charge in [-0.15, -0.1) is 0 Å². The normalized spacial score (nSPS) is 14.6. The Morgan fingerprint density at radius 3 is 2.31 bits per heavy atom. The van der Waals surface area contributed by atoms with E-state index >= 15 is 0 Å². The van der Waals surface area contributed by atoms with Gasteiger partial charge in [0.2, 0.25) is 0 Å². The quantitative estimate of drug-likeness (QED) is 0.268. The van der Waals surface area contributed by atoms with Crippen molar-refractivity contribution in [1.29, 1.82) is 0 Å². The lowest BCUT2D eigenvalue weighted by molar-refractivity contribution is -0.123. The van der Waals surface area contributed by atoms with Gasteiger partial charge in [0.15, 0.2) is 11.5 Å². The minimum absolute atomic E-state index is 0.112. The number of hydrogen-bond acceptors (Lipinski definition) is 5. The lowest BCUT2D eigenvalue weighted by Crippen LogP contribution is -2.27. The van der Waals surface area contributed by atoms with Gasteiger partial charge in [-0.3, -0.25) is 14.5 Å². The summed E-state index contributed by atoms with van der Waals surface area (Å²) in [7, 11) is 0. The minimum atomic E-state index is -0.368. The van der Waals surface area contributed by atoms with Crippen LogP contribution in [-0.4, -0.2) is 22.7 Å². The van der Waals surface area contributed by atoms with Crippen LogP contribution in [0.2, 0.25) is 15.1 Å². The van der Waals surface area contributed by atoms with Crippen molar-refractivity contribution in [2.75, 3.05) is 6.61 Å². The number of rotatable bonds is 8. The Hall–Kier alpha value is -2.64. The number of imide groups is 1. The van der Waals surface area contributed by atoms with Crippen LogP contribution >= 0.6 is 46.6 Å². The average molecular weight is 549 g/mol. The van der Waals surface area contributed by atoms with Crippen LogP contribution in [-0.2, 0) is 17.9 Å². The summed E-state index contributed by atoms with van der Waals surface area (Å²) in [6, 6.07) is 17.8. The number of benzene rings is 3. The summed E-state index contributed by atoms with van der Waals surface area (Å²) in [5.74, 6) is 0.754. The fraction of sp³-hybridized carbons (Fsp3) is 0.154. The zero-order valence-corrected chi connectivity index (χ0v) is 21.7. The predicted octanol–water partition coefficient (Wildman–Crippen LogP) is 7.86. The second-order valence-corrected chi connectivity index (χ2v) is 9.81. The first kappa shape index (κ1) is 25.5. The van der Waals surface area contributed by atoms with Crippen LogP contribution in [0.3, 0.4) is 0 Å². The standard InChI is InChI=1S/C26H20Cl3NO4S/c1-2-33-23-12-17(6-10-22(23)34-15-16-3-7-19(27)8-4-16)13-24-25(31)30(26(32)35-24)14-18-5-9-20(28)21(29)11-18/h3-13H,2,14-15H2,1H3/b24-13-. The number of hydrogen-bond donors (Lipinski definition) is 0. The first-order chi connectivity index (χ1) is 16.8. The van der Waals surface area contributed by atoms with Crippen molar-refractivity contribution in [2.24, 2.45) is 0 Å². The van der Waals surface area contributed by atoms with Crippen LogP contribution in [0.1, 0.15) is 23.6 Å². The minimum Gasteiger partial charge on any atom is -0.490 e. The topological polar surface area (TPSA) is 55.8 Å². The molecule has 5 nitrogen and oxygen atoms in total. The van der Waals surface area contributed by atoms with Gasteiger partial charge in [0.25, 0.3) is 11.1 Å². The molecule has 0 bridgehead atoms. The third kappa shape index (κ3) is 6.33. The molecule has 0 radical (unpaired) electrons. The predicted molar refractivity (Wildman–Crippen MR) is 141 cm³/mol. The molecule has 1 saturated heterocycles. The van der Waals surface area contributed by atoms with E-state index < -0.39 is 0 Å². The molecule has 0 unspecified atom stereocenters. The van der Waals surface area contributed by atoms with E-state index in [-0.39, 0.29) is 17.7 Å². The van der Waals surface area contributed by atoms with Gasteiger partial charge in [-0.1, -0.05) is 59.1 Å². The van der Waals surface area contributed by atoms with Gasteiger partial charge in [-0.2, -0.15) is 0 Å². The highest BCUT2D eigenvalue weighted by molar-refractivity contribution is 8.18. The van der Waals surface area contributed by atoms with E-state index in [0.717, 1.165) is 17.3 Å². The Labute approximate surface area is 222 Å². The van der Waals surface area contributed by atoms with Crippen LogP contribution < -0.4 is 9.47 Å². The summed E-state index contributed by atoms with van der Waals surface area (Å²) >= 11 is 18.8. The van der Waals surface area contributed by atoms with Crippen molar-refractivity contribution < 1.29 is 19.1 Å². The molecule has 2 amide bonds. The number of nitrogens with zero attached hydrogens (tertiary/aromatic N) is 1. The zero-order chi connectivity index (χ0) is 24.9. The number of ether oxygens (including phenoxy) is 2. The molecule has 0 atom stereocenters. The molecule has 0 saturated carbocycles. The Kier molecular flexibility index (Phi) is 8.29. The lowest BCUT2D eigenvalue weighted by atomic mass is 10.1. The first-order valence-corrected chi connectivity index (χ1v) is 12.6. The molecule has 3 aromatic rings. The Balaban J connectivity index is 1.50. The van der Waals surface area contributed by atoms with E-state index in [4.69, 9.17) is 44.3 Å². The third-order valence-electron chi connectivity index (χ3n) is 5.07. The van der Waals surface area contributed by atoms with Crippen LogP contribution in [0.15, 0.2) is 65.6 Å². The van der Waals surface area contributed by atoms with Crippen molar-refractivity contribution in [3.63, 3.8) is 0 Å². The molecule has 0 aromatic heterocycles. The number of carbonyl (C=O) groups is 2. The zero-order valence-electron chi connectivity index (χ0n) is 18.6. The molecule has 35 heavy (non-hydrogen) atoms. The van der Waals surface area contributed by atoms with Crippen molar-refractivity contribution in [3.05, 3.63) is 97.3 Å². The van der Waals surface area contributed by atoms with Crippen LogP contribution in [0, 0.1) is 0 Å². The van der Waals surface area contributed by atoms with Gasteiger partial charge in [-0.05, 0) is 77.9 Å². The highest BCUT2D eigenvalue weighted by atomic mass is 35.5. The molecule has 1 fully saturated rings. The summed E-state index contributed by atoms with van der Waals surface area (Å²) < 4.78 is 11.7. The lowest BCUT2D eigenvalue weighted by Gasteiger charge is -2.13. The Morgan fingerprint density at radius 2 is 1.60 bits per heavy atom. The summed E-state index contributed by atoms with van der Waals surface area (Å²) in [4.78, 5) is 27.0.